The number of carbonyl (C=O) groups excluding carboxylic acids is 1. The Bertz CT molecular complexity index is 423. The van der Waals surface area contributed by atoms with Gasteiger partial charge in [-0.3, -0.25) is 4.79 Å². The zero-order chi connectivity index (χ0) is 13.0. The van der Waals surface area contributed by atoms with Crippen molar-refractivity contribution >= 4 is 5.78 Å². The summed E-state index contributed by atoms with van der Waals surface area (Å²) in [4.78, 5) is 12.1. The number of hydrogen-bond donors (Lipinski definition) is 1. The van der Waals surface area contributed by atoms with Gasteiger partial charge in [0.2, 0.25) is 0 Å². The van der Waals surface area contributed by atoms with Crippen LogP contribution in [-0.4, -0.2) is 26.0 Å². The summed E-state index contributed by atoms with van der Waals surface area (Å²) < 4.78 is 5.31. The number of ketones is 1. The predicted octanol–water partition coefficient (Wildman–Crippen LogP) is 2.11. The highest BCUT2D eigenvalue weighted by molar-refractivity contribution is 5.81. The molecule has 1 atom stereocenters. The normalized spacial score (nSPS) is 18.9. The summed E-state index contributed by atoms with van der Waals surface area (Å²) in [6.07, 6.45) is 2.29. The fraction of sp³-hybridized carbons (Fsp3) is 0.533. The molecule has 3 nitrogen and oxygen atoms in total. The van der Waals surface area contributed by atoms with E-state index < -0.39 is 0 Å². The number of benzene rings is 1. The lowest BCUT2D eigenvalue weighted by Crippen LogP contribution is -2.14. The molecular weight excluding hydrogens is 226 g/mol. The average Bonchev–Trinajstić information content (AvgIpc) is 2.82. The Labute approximate surface area is 109 Å². The standard InChI is InChI=1S/C15H21NO2/c1-11-3-4-15(18-2)13(7-11)9-14(17)8-12-5-6-16-10-12/h3-4,7,12,16H,5-6,8-10H2,1-2H3. The molecule has 0 aromatic heterocycles. The van der Waals surface area contributed by atoms with Crippen LogP contribution in [0.15, 0.2) is 18.2 Å². The molecule has 1 aliphatic rings. The summed E-state index contributed by atoms with van der Waals surface area (Å²) in [5, 5.41) is 3.30. The molecule has 0 bridgehead atoms. The van der Waals surface area contributed by atoms with Crippen molar-refractivity contribution < 1.29 is 9.53 Å². The highest BCUT2D eigenvalue weighted by Gasteiger charge is 2.19. The SMILES string of the molecule is COc1ccc(C)cc1CC(=O)CC1CCNC1. The minimum absolute atomic E-state index is 0.313. The van der Waals surface area contributed by atoms with Crippen LogP contribution in [0.3, 0.4) is 0 Å². The van der Waals surface area contributed by atoms with Crippen molar-refractivity contribution in [1.29, 1.82) is 0 Å². The molecule has 0 saturated carbocycles. The van der Waals surface area contributed by atoms with Gasteiger partial charge in [-0.25, -0.2) is 0 Å². The highest BCUT2D eigenvalue weighted by Crippen LogP contribution is 2.22. The smallest absolute Gasteiger partial charge is 0.137 e. The third-order valence-corrected chi connectivity index (χ3v) is 3.50. The van der Waals surface area contributed by atoms with Gasteiger partial charge in [0.25, 0.3) is 0 Å². The average molecular weight is 247 g/mol. The molecule has 0 aliphatic carbocycles. The van der Waals surface area contributed by atoms with Crippen LogP contribution in [0.1, 0.15) is 24.0 Å². The summed E-state index contributed by atoms with van der Waals surface area (Å²) in [6, 6.07) is 5.99. The van der Waals surface area contributed by atoms with Crippen molar-refractivity contribution in [1.82, 2.24) is 5.32 Å². The molecule has 1 saturated heterocycles. The van der Waals surface area contributed by atoms with Gasteiger partial charge in [0.1, 0.15) is 11.5 Å². The van der Waals surface area contributed by atoms with Gasteiger partial charge in [0.15, 0.2) is 0 Å². The van der Waals surface area contributed by atoms with E-state index in [1.807, 2.05) is 25.1 Å². The van der Waals surface area contributed by atoms with E-state index in [9.17, 15) is 4.79 Å². The van der Waals surface area contributed by atoms with Crippen LogP contribution in [0.2, 0.25) is 0 Å². The number of Topliss-reactive ketones (excluding diaryl/α,β-unsaturated/α-hetero) is 1. The fourth-order valence-electron chi connectivity index (χ4n) is 2.54. The van der Waals surface area contributed by atoms with E-state index in [0.717, 1.165) is 30.8 Å². The molecule has 3 heteroatoms. The first kappa shape index (κ1) is 13.1. The topological polar surface area (TPSA) is 38.3 Å². The quantitative estimate of drug-likeness (QED) is 0.866. The Hall–Kier alpha value is -1.35. The molecule has 98 valence electrons. The molecule has 1 aromatic carbocycles. The zero-order valence-corrected chi connectivity index (χ0v) is 11.2. The van der Waals surface area contributed by atoms with Gasteiger partial charge in [-0.05, 0) is 38.4 Å². The second-order valence-corrected chi connectivity index (χ2v) is 5.09. The summed E-state index contributed by atoms with van der Waals surface area (Å²) in [7, 11) is 1.65. The fourth-order valence-corrected chi connectivity index (χ4v) is 2.54. The van der Waals surface area contributed by atoms with Crippen molar-refractivity contribution in [3.8, 4) is 5.75 Å². The predicted molar refractivity (Wildman–Crippen MR) is 72.0 cm³/mol. The number of nitrogens with one attached hydrogen (secondary N) is 1. The second kappa shape index (κ2) is 6.01. The summed E-state index contributed by atoms with van der Waals surface area (Å²) in [5.41, 5.74) is 2.18. The molecule has 1 aromatic rings. The molecule has 1 aliphatic heterocycles. The second-order valence-electron chi connectivity index (χ2n) is 5.09. The number of ether oxygens (including phenoxy) is 1. The van der Waals surface area contributed by atoms with E-state index in [-0.39, 0.29) is 0 Å². The van der Waals surface area contributed by atoms with Crippen LogP contribution in [0, 0.1) is 12.8 Å². The maximum atomic E-state index is 12.1. The monoisotopic (exact) mass is 247 g/mol. The largest absolute Gasteiger partial charge is 0.496 e. The van der Waals surface area contributed by atoms with Gasteiger partial charge in [0, 0.05) is 18.4 Å². The lowest BCUT2D eigenvalue weighted by molar-refractivity contribution is -0.119. The molecule has 1 heterocycles. The Morgan fingerprint density at radius 2 is 2.33 bits per heavy atom. The van der Waals surface area contributed by atoms with Gasteiger partial charge in [0.05, 0.1) is 7.11 Å². The van der Waals surface area contributed by atoms with Gasteiger partial charge in [-0.2, -0.15) is 0 Å². The molecular formula is C15H21NO2. The molecule has 1 N–H and O–H groups in total. The van der Waals surface area contributed by atoms with Crippen molar-refractivity contribution in [2.75, 3.05) is 20.2 Å². The number of aryl methyl sites for hydroxylation is 1. The van der Waals surface area contributed by atoms with E-state index in [1.165, 1.54) is 5.56 Å². The maximum absolute atomic E-state index is 12.1. The van der Waals surface area contributed by atoms with Gasteiger partial charge >= 0.3 is 0 Å². The van der Waals surface area contributed by atoms with Crippen LogP contribution in [0.4, 0.5) is 0 Å². The molecule has 0 radical (unpaired) electrons. The minimum Gasteiger partial charge on any atom is -0.496 e. The minimum atomic E-state index is 0.313. The van der Waals surface area contributed by atoms with Gasteiger partial charge in [-0.1, -0.05) is 17.7 Å². The molecule has 18 heavy (non-hydrogen) atoms. The first-order chi connectivity index (χ1) is 8.69. The Balaban J connectivity index is 1.99. The number of rotatable bonds is 5. The molecule has 0 amide bonds. The van der Waals surface area contributed by atoms with Crippen molar-refractivity contribution in [2.24, 2.45) is 5.92 Å². The first-order valence-electron chi connectivity index (χ1n) is 6.55. The Morgan fingerprint density at radius 3 is 3.00 bits per heavy atom. The Kier molecular flexibility index (Phi) is 4.37. The van der Waals surface area contributed by atoms with Crippen molar-refractivity contribution in [3.63, 3.8) is 0 Å². The highest BCUT2D eigenvalue weighted by atomic mass is 16.5. The van der Waals surface area contributed by atoms with Crippen molar-refractivity contribution in [3.05, 3.63) is 29.3 Å². The third kappa shape index (κ3) is 3.33. The molecule has 1 fully saturated rings. The summed E-state index contributed by atoms with van der Waals surface area (Å²) in [5.74, 6) is 1.65. The van der Waals surface area contributed by atoms with E-state index in [2.05, 4.69) is 5.32 Å². The van der Waals surface area contributed by atoms with E-state index in [1.54, 1.807) is 7.11 Å². The number of carbonyl (C=O) groups is 1. The van der Waals surface area contributed by atoms with Crippen molar-refractivity contribution in [2.45, 2.75) is 26.2 Å². The van der Waals surface area contributed by atoms with Gasteiger partial charge < -0.3 is 10.1 Å². The molecule has 2 rings (SSSR count). The van der Waals surface area contributed by atoms with Crippen LogP contribution in [0.25, 0.3) is 0 Å². The lowest BCUT2D eigenvalue weighted by Gasteiger charge is -2.11. The van der Waals surface area contributed by atoms with Crippen LogP contribution in [0.5, 0.6) is 5.75 Å². The van der Waals surface area contributed by atoms with E-state index >= 15 is 0 Å². The molecule has 1 unspecified atom stereocenters. The maximum Gasteiger partial charge on any atom is 0.137 e. The van der Waals surface area contributed by atoms with Gasteiger partial charge in [-0.15, -0.1) is 0 Å². The van der Waals surface area contributed by atoms with Crippen LogP contribution in [-0.2, 0) is 11.2 Å². The van der Waals surface area contributed by atoms with Crippen LogP contribution < -0.4 is 10.1 Å². The first-order valence-corrected chi connectivity index (χ1v) is 6.55. The molecule has 0 spiro atoms. The number of hydrogen-bond acceptors (Lipinski definition) is 3. The lowest BCUT2D eigenvalue weighted by atomic mass is 9.97. The summed E-state index contributed by atoms with van der Waals surface area (Å²) in [6.45, 7) is 4.07. The third-order valence-electron chi connectivity index (χ3n) is 3.50. The van der Waals surface area contributed by atoms with E-state index in [0.29, 0.717) is 24.5 Å². The van der Waals surface area contributed by atoms with Crippen LogP contribution >= 0.6 is 0 Å². The number of methoxy groups -OCH3 is 1. The summed E-state index contributed by atoms with van der Waals surface area (Å²) >= 11 is 0. The zero-order valence-electron chi connectivity index (χ0n) is 11.2. The Morgan fingerprint density at radius 1 is 1.50 bits per heavy atom. The van der Waals surface area contributed by atoms with E-state index in [4.69, 9.17) is 4.74 Å².